The van der Waals surface area contributed by atoms with Crippen molar-refractivity contribution in [3.05, 3.63) is 35.9 Å². The zero-order chi connectivity index (χ0) is 19.1. The molecular weight excluding hydrogens is 372 g/mol. The molecule has 0 radical (unpaired) electrons. The molecule has 0 aromatic heterocycles. The van der Waals surface area contributed by atoms with Crippen LogP contribution < -0.4 is 0 Å². The van der Waals surface area contributed by atoms with Gasteiger partial charge in [0.1, 0.15) is 11.5 Å². The van der Waals surface area contributed by atoms with Gasteiger partial charge in [-0.3, -0.25) is 9.59 Å². The third-order valence-electron chi connectivity index (χ3n) is 2.97. The Hall–Kier alpha value is -1.94. The summed E-state index contributed by atoms with van der Waals surface area (Å²) in [5.41, 5.74) is -0.0592. The number of rotatable bonds is 9. The zero-order valence-electron chi connectivity index (χ0n) is 13.9. The third kappa shape index (κ3) is 6.13. The van der Waals surface area contributed by atoms with E-state index in [9.17, 15) is 26.4 Å². The molecule has 0 aliphatic rings. The van der Waals surface area contributed by atoms with Gasteiger partial charge in [-0.1, -0.05) is 30.3 Å². The Morgan fingerprint density at radius 1 is 0.840 bits per heavy atom. The Morgan fingerprint density at radius 3 is 1.60 bits per heavy atom. The smallest absolute Gasteiger partial charge is 0.321 e. The molecule has 140 valence electrons. The SMILES string of the molecule is CCOC(=O)CS(=O)(=O)C(c1ccccc1)S(=O)(=O)CC(=O)OCC. The van der Waals surface area contributed by atoms with Crippen LogP contribution in [-0.2, 0) is 38.7 Å². The minimum Gasteiger partial charge on any atom is -0.465 e. The summed E-state index contributed by atoms with van der Waals surface area (Å²) in [4.78, 5) is 23.1. The molecule has 1 aromatic rings. The number of sulfone groups is 2. The topological polar surface area (TPSA) is 121 Å². The summed E-state index contributed by atoms with van der Waals surface area (Å²) in [6.07, 6.45) is 0. The summed E-state index contributed by atoms with van der Waals surface area (Å²) in [6, 6.07) is 7.10. The van der Waals surface area contributed by atoms with Crippen LogP contribution in [0.5, 0.6) is 0 Å². The summed E-state index contributed by atoms with van der Waals surface area (Å²) in [5.74, 6) is -4.34. The first-order valence-corrected chi connectivity index (χ1v) is 10.9. The van der Waals surface area contributed by atoms with Gasteiger partial charge in [-0.05, 0) is 19.4 Å². The highest BCUT2D eigenvalue weighted by Gasteiger charge is 2.41. The lowest BCUT2D eigenvalue weighted by Crippen LogP contribution is -2.32. The molecule has 0 aliphatic carbocycles. The van der Waals surface area contributed by atoms with Gasteiger partial charge in [-0.15, -0.1) is 0 Å². The number of benzene rings is 1. The fraction of sp³-hybridized carbons (Fsp3) is 0.467. The lowest BCUT2D eigenvalue weighted by molar-refractivity contribution is -0.140. The molecule has 0 unspecified atom stereocenters. The minimum atomic E-state index is -4.49. The molecule has 1 aromatic carbocycles. The van der Waals surface area contributed by atoms with Gasteiger partial charge in [-0.25, -0.2) is 16.8 Å². The first-order valence-electron chi connectivity index (χ1n) is 7.43. The highest BCUT2D eigenvalue weighted by atomic mass is 32.3. The van der Waals surface area contributed by atoms with E-state index >= 15 is 0 Å². The van der Waals surface area contributed by atoms with Gasteiger partial charge >= 0.3 is 11.9 Å². The predicted octanol–water partition coefficient (Wildman–Crippen LogP) is 0.641. The van der Waals surface area contributed by atoms with Crippen molar-refractivity contribution in [1.29, 1.82) is 0 Å². The number of hydrogen-bond donors (Lipinski definition) is 0. The molecule has 0 spiro atoms. The van der Waals surface area contributed by atoms with Crippen LogP contribution in [0, 0.1) is 0 Å². The largest absolute Gasteiger partial charge is 0.465 e. The molecule has 25 heavy (non-hydrogen) atoms. The zero-order valence-corrected chi connectivity index (χ0v) is 15.5. The van der Waals surface area contributed by atoms with Gasteiger partial charge in [-0.2, -0.15) is 0 Å². The van der Waals surface area contributed by atoms with Gasteiger partial charge in [0, 0.05) is 0 Å². The van der Waals surface area contributed by atoms with Crippen molar-refractivity contribution >= 4 is 31.6 Å². The van der Waals surface area contributed by atoms with Crippen LogP contribution in [-0.4, -0.2) is 53.5 Å². The summed E-state index contributed by atoms with van der Waals surface area (Å²) in [6.45, 7) is 2.91. The fourth-order valence-corrected chi connectivity index (χ4v) is 6.60. The maximum atomic E-state index is 12.6. The van der Waals surface area contributed by atoms with E-state index in [1.165, 1.54) is 38.1 Å². The second-order valence-corrected chi connectivity index (χ2v) is 9.44. The van der Waals surface area contributed by atoms with Crippen molar-refractivity contribution in [3.8, 4) is 0 Å². The van der Waals surface area contributed by atoms with Crippen LogP contribution in [0.25, 0.3) is 0 Å². The van der Waals surface area contributed by atoms with Crippen LogP contribution in [0.15, 0.2) is 30.3 Å². The maximum Gasteiger partial charge on any atom is 0.321 e. The molecular formula is C15H20O8S2. The Balaban J connectivity index is 3.31. The molecule has 0 heterocycles. The van der Waals surface area contributed by atoms with Crippen molar-refractivity contribution in [2.24, 2.45) is 0 Å². The van der Waals surface area contributed by atoms with Crippen molar-refractivity contribution in [2.75, 3.05) is 24.7 Å². The molecule has 0 bridgehead atoms. The highest BCUT2D eigenvalue weighted by Crippen LogP contribution is 2.30. The van der Waals surface area contributed by atoms with E-state index in [1.807, 2.05) is 0 Å². The molecule has 8 nitrogen and oxygen atoms in total. The van der Waals surface area contributed by atoms with E-state index < -0.39 is 47.7 Å². The third-order valence-corrected chi connectivity index (χ3v) is 7.86. The first kappa shape index (κ1) is 21.1. The van der Waals surface area contributed by atoms with E-state index in [-0.39, 0.29) is 18.8 Å². The Bertz CT molecular complexity index is 747. The van der Waals surface area contributed by atoms with Crippen molar-refractivity contribution in [1.82, 2.24) is 0 Å². The van der Waals surface area contributed by atoms with Crippen LogP contribution in [0.1, 0.15) is 24.0 Å². The Kier molecular flexibility index (Phi) is 7.56. The average Bonchev–Trinajstić information content (AvgIpc) is 2.46. The Labute approximate surface area is 147 Å². The summed E-state index contributed by atoms with van der Waals surface area (Å²) in [7, 11) is -8.97. The summed E-state index contributed by atoms with van der Waals surface area (Å²) < 4.78 is 57.4. The maximum absolute atomic E-state index is 12.6. The van der Waals surface area contributed by atoms with Crippen molar-refractivity contribution < 1.29 is 35.9 Å². The van der Waals surface area contributed by atoms with Crippen molar-refractivity contribution in [2.45, 2.75) is 18.4 Å². The van der Waals surface area contributed by atoms with E-state index in [0.29, 0.717) is 0 Å². The molecule has 0 aliphatic heterocycles. The van der Waals surface area contributed by atoms with Crippen LogP contribution in [0.3, 0.4) is 0 Å². The molecule has 0 saturated heterocycles. The quantitative estimate of drug-likeness (QED) is 0.561. The van der Waals surface area contributed by atoms with E-state index in [1.54, 1.807) is 6.07 Å². The summed E-state index contributed by atoms with van der Waals surface area (Å²) in [5, 5.41) is 0. The summed E-state index contributed by atoms with van der Waals surface area (Å²) >= 11 is 0. The number of ether oxygens (including phenoxy) is 2. The molecule has 0 N–H and O–H groups in total. The first-order chi connectivity index (χ1) is 11.6. The molecule has 0 fully saturated rings. The van der Waals surface area contributed by atoms with Gasteiger partial charge in [0.15, 0.2) is 24.3 Å². The highest BCUT2D eigenvalue weighted by molar-refractivity contribution is 8.09. The van der Waals surface area contributed by atoms with Gasteiger partial charge in [0.2, 0.25) is 0 Å². The molecule has 1 rings (SSSR count). The minimum absolute atomic E-state index is 0.0417. The van der Waals surface area contributed by atoms with Gasteiger partial charge in [0.25, 0.3) is 0 Å². The van der Waals surface area contributed by atoms with E-state index in [0.717, 1.165) is 0 Å². The number of carbonyl (C=O) groups excluding carboxylic acids is 2. The second-order valence-electron chi connectivity index (χ2n) is 4.97. The monoisotopic (exact) mass is 392 g/mol. The molecule has 0 saturated carbocycles. The lowest BCUT2D eigenvalue weighted by atomic mass is 10.2. The number of esters is 2. The van der Waals surface area contributed by atoms with E-state index in [4.69, 9.17) is 0 Å². The number of hydrogen-bond acceptors (Lipinski definition) is 8. The van der Waals surface area contributed by atoms with Gasteiger partial charge in [0.05, 0.1) is 13.2 Å². The Morgan fingerprint density at radius 2 is 1.24 bits per heavy atom. The fourth-order valence-electron chi connectivity index (χ4n) is 2.13. The standard InChI is InChI=1S/C15H20O8S2/c1-3-22-13(16)10-24(18,19)15(12-8-6-5-7-9-12)25(20,21)11-14(17)23-4-2/h5-9,15H,3-4,10-11H2,1-2H3. The molecule has 0 amide bonds. The average molecular weight is 392 g/mol. The van der Waals surface area contributed by atoms with Gasteiger partial charge < -0.3 is 9.47 Å². The second kappa shape index (κ2) is 8.95. The lowest BCUT2D eigenvalue weighted by Gasteiger charge is -2.18. The predicted molar refractivity (Wildman–Crippen MR) is 90.0 cm³/mol. The van der Waals surface area contributed by atoms with E-state index in [2.05, 4.69) is 9.47 Å². The molecule has 0 atom stereocenters. The number of carbonyl (C=O) groups is 2. The van der Waals surface area contributed by atoms with Crippen LogP contribution in [0.2, 0.25) is 0 Å². The van der Waals surface area contributed by atoms with Crippen LogP contribution in [0.4, 0.5) is 0 Å². The van der Waals surface area contributed by atoms with Crippen molar-refractivity contribution in [3.63, 3.8) is 0 Å². The normalized spacial score (nSPS) is 12.0. The van der Waals surface area contributed by atoms with Crippen LogP contribution >= 0.6 is 0 Å². The molecule has 10 heteroatoms.